The molecule has 2 aromatic carbocycles. The largest absolute Gasteiger partial charge is 0.317 e. The summed E-state index contributed by atoms with van der Waals surface area (Å²) in [5.74, 6) is 0. The second kappa shape index (κ2) is 6.32. The quantitative estimate of drug-likeness (QED) is 0.609. The van der Waals surface area contributed by atoms with Crippen molar-refractivity contribution in [2.24, 2.45) is 0 Å². The molecule has 0 aromatic heterocycles. The molecular weight excluding hydrogens is 234 g/mol. The van der Waals surface area contributed by atoms with Gasteiger partial charge >= 0.3 is 0 Å². The minimum atomic E-state index is -0.293. The number of nitrogens with one attached hydrogen (secondary N) is 1. The summed E-state index contributed by atoms with van der Waals surface area (Å²) in [6.07, 6.45) is 2.66. The van der Waals surface area contributed by atoms with E-state index >= 15 is 0 Å². The van der Waals surface area contributed by atoms with E-state index in [2.05, 4.69) is 36.3 Å². The molecule has 0 fully saturated rings. The molecule has 0 radical (unpaired) electrons. The average molecular weight is 253 g/mol. The van der Waals surface area contributed by atoms with Gasteiger partial charge in [-0.1, -0.05) is 66.7 Å². The maximum Gasteiger partial charge on any atom is 0.0384 e. The van der Waals surface area contributed by atoms with Crippen molar-refractivity contribution in [2.45, 2.75) is 11.8 Å². The summed E-state index contributed by atoms with van der Waals surface area (Å²) in [6.45, 7) is 4.32. The van der Waals surface area contributed by atoms with Crippen molar-refractivity contribution in [1.29, 1.82) is 0 Å². The molecule has 0 heterocycles. The van der Waals surface area contributed by atoms with Crippen molar-refractivity contribution in [3.05, 3.63) is 84.4 Å². The lowest BCUT2D eigenvalue weighted by atomic mass is 9.72. The van der Waals surface area contributed by atoms with E-state index in [1.165, 1.54) is 11.1 Å². The fourth-order valence-electron chi connectivity index (χ4n) is 2.57. The lowest BCUT2D eigenvalue weighted by molar-refractivity contribution is 0.146. The highest BCUT2D eigenvalue weighted by Gasteiger charge is 2.32. The van der Waals surface area contributed by atoms with E-state index in [0.29, 0.717) is 6.54 Å². The molecule has 0 saturated carbocycles. The van der Waals surface area contributed by atoms with Crippen LogP contribution in [0.25, 0.3) is 0 Å². The Morgan fingerprint density at radius 3 is 1.79 bits per heavy atom. The summed E-state index contributed by atoms with van der Waals surface area (Å²) in [7, 11) is 0. The lowest BCUT2D eigenvalue weighted by Crippen LogP contribution is -2.37. The maximum absolute atomic E-state index is 9.27. The zero-order chi connectivity index (χ0) is 13.6. The highest BCUT2D eigenvalue weighted by Crippen LogP contribution is 2.35. The number of rotatable bonds is 6. The van der Waals surface area contributed by atoms with Crippen LogP contribution < -0.4 is 5.48 Å². The molecule has 0 bridgehead atoms. The molecule has 0 aliphatic heterocycles. The van der Waals surface area contributed by atoms with E-state index < -0.39 is 0 Å². The summed E-state index contributed by atoms with van der Waals surface area (Å²) in [5.41, 5.74) is 4.39. The Kier molecular flexibility index (Phi) is 4.50. The first-order valence-electron chi connectivity index (χ1n) is 6.42. The molecule has 0 aliphatic carbocycles. The van der Waals surface area contributed by atoms with E-state index in [4.69, 9.17) is 0 Å². The fourth-order valence-corrected chi connectivity index (χ4v) is 2.57. The van der Waals surface area contributed by atoms with Crippen LogP contribution in [0.3, 0.4) is 0 Å². The molecule has 0 amide bonds. The van der Waals surface area contributed by atoms with Gasteiger partial charge in [0, 0.05) is 12.0 Å². The highest BCUT2D eigenvalue weighted by atomic mass is 16.5. The third-order valence-corrected chi connectivity index (χ3v) is 3.53. The molecule has 2 rings (SSSR count). The Hall–Kier alpha value is -1.90. The molecule has 0 unspecified atom stereocenters. The lowest BCUT2D eigenvalue weighted by Gasteiger charge is -2.33. The number of hydroxylamine groups is 1. The Morgan fingerprint density at radius 2 is 1.42 bits per heavy atom. The summed E-state index contributed by atoms with van der Waals surface area (Å²) in [6, 6.07) is 20.4. The van der Waals surface area contributed by atoms with Crippen LogP contribution in [0.1, 0.15) is 17.5 Å². The Morgan fingerprint density at radius 1 is 0.947 bits per heavy atom. The molecule has 0 spiro atoms. The van der Waals surface area contributed by atoms with Crippen LogP contribution >= 0.6 is 0 Å². The standard InChI is InChI=1S/C17H19NO/c1-2-13-17(14-18-19,15-9-5-3-6-10-15)16-11-7-4-8-12-16/h2-12,18-19H,1,13-14H2. The minimum Gasteiger partial charge on any atom is -0.317 e. The second-order valence-electron chi connectivity index (χ2n) is 4.64. The Labute approximate surface area is 114 Å². The van der Waals surface area contributed by atoms with Gasteiger partial charge in [-0.05, 0) is 17.5 Å². The molecule has 0 atom stereocenters. The van der Waals surface area contributed by atoms with Gasteiger partial charge in [0.1, 0.15) is 0 Å². The highest BCUT2D eigenvalue weighted by molar-refractivity contribution is 5.40. The van der Waals surface area contributed by atoms with Gasteiger partial charge in [0.25, 0.3) is 0 Å². The molecule has 98 valence electrons. The van der Waals surface area contributed by atoms with Crippen molar-refractivity contribution in [3.8, 4) is 0 Å². The average Bonchev–Trinajstić information content (AvgIpc) is 2.49. The molecule has 0 saturated heterocycles. The normalized spacial score (nSPS) is 11.2. The van der Waals surface area contributed by atoms with E-state index in [1.807, 2.05) is 42.5 Å². The second-order valence-corrected chi connectivity index (χ2v) is 4.64. The monoisotopic (exact) mass is 253 g/mol. The Bertz CT molecular complexity index is 468. The van der Waals surface area contributed by atoms with Crippen LogP contribution in [0.5, 0.6) is 0 Å². The maximum atomic E-state index is 9.27. The smallest absolute Gasteiger partial charge is 0.0384 e. The molecular formula is C17H19NO. The molecule has 2 N–H and O–H groups in total. The third-order valence-electron chi connectivity index (χ3n) is 3.53. The molecule has 2 nitrogen and oxygen atoms in total. The van der Waals surface area contributed by atoms with Gasteiger partial charge in [-0.2, -0.15) is 0 Å². The van der Waals surface area contributed by atoms with Crippen LogP contribution in [0.2, 0.25) is 0 Å². The van der Waals surface area contributed by atoms with E-state index in [1.54, 1.807) is 0 Å². The Balaban J connectivity index is 2.57. The molecule has 2 aromatic rings. The summed E-state index contributed by atoms with van der Waals surface area (Å²) in [4.78, 5) is 0. The predicted molar refractivity (Wildman–Crippen MR) is 78.3 cm³/mol. The molecule has 2 heteroatoms. The van der Waals surface area contributed by atoms with Crippen molar-refractivity contribution < 1.29 is 5.21 Å². The van der Waals surface area contributed by atoms with Gasteiger partial charge in [-0.3, -0.25) is 0 Å². The van der Waals surface area contributed by atoms with Gasteiger partial charge in [0.05, 0.1) is 0 Å². The first kappa shape index (κ1) is 13.5. The van der Waals surface area contributed by atoms with Crippen LogP contribution in [0, 0.1) is 0 Å². The van der Waals surface area contributed by atoms with Crippen LogP contribution in [0.4, 0.5) is 0 Å². The van der Waals surface area contributed by atoms with Gasteiger partial charge in [0.2, 0.25) is 0 Å². The topological polar surface area (TPSA) is 32.3 Å². The van der Waals surface area contributed by atoms with Crippen LogP contribution in [0.15, 0.2) is 73.3 Å². The van der Waals surface area contributed by atoms with Crippen molar-refractivity contribution in [1.82, 2.24) is 5.48 Å². The minimum absolute atomic E-state index is 0.293. The number of allylic oxidation sites excluding steroid dienone is 1. The van der Waals surface area contributed by atoms with Gasteiger partial charge in [-0.15, -0.1) is 6.58 Å². The predicted octanol–water partition coefficient (Wildman–Crippen LogP) is 3.53. The molecule has 19 heavy (non-hydrogen) atoms. The van der Waals surface area contributed by atoms with E-state index in [9.17, 15) is 5.21 Å². The van der Waals surface area contributed by atoms with Crippen molar-refractivity contribution in [3.63, 3.8) is 0 Å². The number of benzene rings is 2. The summed E-state index contributed by atoms with van der Waals surface area (Å²) < 4.78 is 0. The number of hydrogen-bond acceptors (Lipinski definition) is 2. The summed E-state index contributed by atoms with van der Waals surface area (Å²) >= 11 is 0. The first-order valence-corrected chi connectivity index (χ1v) is 6.42. The van der Waals surface area contributed by atoms with Gasteiger partial charge < -0.3 is 5.21 Å². The SMILES string of the molecule is C=CCC(CNO)(c1ccccc1)c1ccccc1. The zero-order valence-electron chi connectivity index (χ0n) is 10.9. The van der Waals surface area contributed by atoms with Gasteiger partial charge in [-0.25, -0.2) is 5.48 Å². The van der Waals surface area contributed by atoms with Crippen molar-refractivity contribution >= 4 is 0 Å². The third kappa shape index (κ3) is 2.75. The fraction of sp³-hybridized carbons (Fsp3) is 0.176. The zero-order valence-corrected chi connectivity index (χ0v) is 10.9. The van der Waals surface area contributed by atoms with E-state index in [-0.39, 0.29) is 5.41 Å². The van der Waals surface area contributed by atoms with Crippen LogP contribution in [-0.4, -0.2) is 11.8 Å². The van der Waals surface area contributed by atoms with E-state index in [0.717, 1.165) is 6.42 Å². The first-order chi connectivity index (χ1) is 9.33. The summed E-state index contributed by atoms with van der Waals surface area (Å²) in [5, 5.41) is 9.27. The van der Waals surface area contributed by atoms with Crippen LogP contribution in [-0.2, 0) is 5.41 Å². The van der Waals surface area contributed by atoms with Gasteiger partial charge in [0.15, 0.2) is 0 Å². The van der Waals surface area contributed by atoms with Crippen molar-refractivity contribution in [2.75, 3.05) is 6.54 Å². The number of hydrogen-bond donors (Lipinski definition) is 2. The molecule has 0 aliphatic rings.